The maximum Gasteiger partial charge on any atom is 0.294 e. The van der Waals surface area contributed by atoms with Gasteiger partial charge in [-0.2, -0.15) is 29.8 Å². The van der Waals surface area contributed by atoms with Gasteiger partial charge >= 0.3 is 0 Å². The van der Waals surface area contributed by atoms with Crippen LogP contribution in [0.4, 0.5) is 11.4 Å². The summed E-state index contributed by atoms with van der Waals surface area (Å²) in [5, 5.41) is 5.87. The first-order chi connectivity index (χ1) is 31.6. The number of hydrogen-bond acceptors (Lipinski definition) is 13. The Kier molecular flexibility index (Phi) is 19.7. The Morgan fingerprint density at radius 3 is 2.01 bits per heavy atom. The van der Waals surface area contributed by atoms with Crippen LogP contribution in [0, 0.1) is 0 Å². The third kappa shape index (κ3) is 16.2. The molecule has 0 bridgehead atoms. The first-order valence-corrected chi connectivity index (χ1v) is 28.7. The maximum atomic E-state index is 12.5. The minimum atomic E-state index is -4.83. The summed E-state index contributed by atoms with van der Waals surface area (Å²) in [5.74, 6) is -1.65. The molecule has 24 heteroatoms. The SMILES string of the molecule is CC1(C)C(=CC=CC(=CC=CC2=[N+](CCS(=O)(=O)O)c3ccc(S(=O)(=O)[O-])cc3C2(C)C)CCCOCC(=O)NCCCCCCNC(=O)CBr)N(CCS(=O)(=O)O)c2ccc(S(=O)(=O)O)cc21. The third-order valence-electron chi connectivity index (χ3n) is 11.4. The number of fused-ring (bicyclic) bond motifs is 2. The van der Waals surface area contributed by atoms with Crippen molar-refractivity contribution in [2.24, 2.45) is 0 Å². The summed E-state index contributed by atoms with van der Waals surface area (Å²) in [4.78, 5) is 24.6. The van der Waals surface area contributed by atoms with Crippen molar-refractivity contribution in [3.05, 3.63) is 95.3 Å². The molecule has 0 aliphatic carbocycles. The molecule has 0 radical (unpaired) electrons. The van der Waals surface area contributed by atoms with Gasteiger partial charge in [-0.1, -0.05) is 66.9 Å². The zero-order valence-electron chi connectivity index (χ0n) is 38.2. The topological polar surface area (TPSA) is 294 Å². The quantitative estimate of drug-likeness (QED) is 0.0281. The van der Waals surface area contributed by atoms with Gasteiger partial charge in [0.2, 0.25) is 17.5 Å². The van der Waals surface area contributed by atoms with Crippen LogP contribution in [0.15, 0.2) is 93.9 Å². The number of nitrogens with one attached hydrogen (secondary N) is 2. The average Bonchev–Trinajstić information content (AvgIpc) is 3.58. The molecule has 2 aliphatic heterocycles. The van der Waals surface area contributed by atoms with Gasteiger partial charge in [0.05, 0.1) is 26.3 Å². The first-order valence-electron chi connectivity index (χ1n) is 21.5. The fraction of sp³-hybridized carbons (Fsp3) is 0.477. The first kappa shape index (κ1) is 56.5. The van der Waals surface area contributed by atoms with Gasteiger partial charge in [0.1, 0.15) is 22.5 Å². The zero-order chi connectivity index (χ0) is 50.7. The smallest absolute Gasteiger partial charge is 0.294 e. The highest BCUT2D eigenvalue weighted by Gasteiger charge is 2.45. The van der Waals surface area contributed by atoms with E-state index < -0.39 is 67.7 Å². The number of anilines is 1. The molecule has 68 heavy (non-hydrogen) atoms. The van der Waals surface area contributed by atoms with Crippen molar-refractivity contribution in [2.75, 3.05) is 61.1 Å². The van der Waals surface area contributed by atoms with Gasteiger partial charge in [-0.05, 0) is 87.1 Å². The second-order valence-electron chi connectivity index (χ2n) is 17.2. The maximum absolute atomic E-state index is 12.5. The van der Waals surface area contributed by atoms with Crippen LogP contribution < -0.4 is 15.5 Å². The molecule has 2 amide bonds. The molecule has 0 spiro atoms. The monoisotopic (exact) mass is 1090 g/mol. The number of allylic oxidation sites excluding steroid dienone is 8. The molecule has 5 N–H and O–H groups in total. The van der Waals surface area contributed by atoms with E-state index in [1.165, 1.54) is 30.3 Å². The Hall–Kier alpha value is -4.11. The Morgan fingerprint density at radius 1 is 0.794 bits per heavy atom. The molecule has 0 unspecified atom stereocenters. The molecule has 0 saturated heterocycles. The number of amides is 2. The van der Waals surface area contributed by atoms with E-state index in [1.54, 1.807) is 73.6 Å². The van der Waals surface area contributed by atoms with Gasteiger partial charge in [0.25, 0.3) is 30.4 Å². The number of carbonyl (C=O) groups is 2. The summed E-state index contributed by atoms with van der Waals surface area (Å²) in [6.07, 6.45) is 14.5. The minimum absolute atomic E-state index is 0.0704. The van der Waals surface area contributed by atoms with E-state index in [2.05, 4.69) is 26.6 Å². The molecule has 376 valence electrons. The number of ether oxygens (including phenoxy) is 1. The molecular formula is C44H59BrN4O15S4. The number of hydrogen-bond donors (Lipinski definition) is 5. The van der Waals surface area contributed by atoms with Crippen LogP contribution in [0.3, 0.4) is 0 Å². The molecule has 0 aromatic heterocycles. The van der Waals surface area contributed by atoms with Crippen LogP contribution >= 0.6 is 15.9 Å². The van der Waals surface area contributed by atoms with Crippen LogP contribution in [-0.2, 0) is 65.6 Å². The lowest BCUT2D eigenvalue weighted by atomic mass is 9.81. The van der Waals surface area contributed by atoms with Gasteiger partial charge < -0.3 is 24.8 Å². The lowest BCUT2D eigenvalue weighted by Crippen LogP contribution is -2.30. The van der Waals surface area contributed by atoms with E-state index in [-0.39, 0.29) is 48.3 Å². The molecule has 2 aliphatic rings. The van der Waals surface area contributed by atoms with Crippen LogP contribution in [0.5, 0.6) is 0 Å². The van der Waals surface area contributed by atoms with E-state index in [9.17, 15) is 61.5 Å². The van der Waals surface area contributed by atoms with Gasteiger partial charge in [0, 0.05) is 60.7 Å². The number of unbranched alkanes of at least 4 members (excludes halogenated alkanes) is 3. The van der Waals surface area contributed by atoms with Crippen molar-refractivity contribution < 1.29 is 70.8 Å². The Balaban J connectivity index is 1.61. The molecular weight excluding hydrogens is 1030 g/mol. The number of rotatable bonds is 26. The summed E-state index contributed by atoms with van der Waals surface area (Å²) in [6, 6.07) is 7.75. The molecule has 19 nitrogen and oxygen atoms in total. The predicted octanol–water partition coefficient (Wildman–Crippen LogP) is 4.69. The molecule has 0 atom stereocenters. The average molecular weight is 1090 g/mol. The van der Waals surface area contributed by atoms with Gasteiger partial charge in [-0.3, -0.25) is 23.2 Å². The second kappa shape index (κ2) is 23.7. The van der Waals surface area contributed by atoms with E-state index >= 15 is 0 Å². The Labute approximate surface area is 407 Å². The van der Waals surface area contributed by atoms with Gasteiger partial charge in [0.15, 0.2) is 12.3 Å². The largest absolute Gasteiger partial charge is 0.744 e. The van der Waals surface area contributed by atoms with Gasteiger partial charge in [-0.15, -0.1) is 0 Å². The molecule has 4 rings (SSSR count). The third-order valence-corrected chi connectivity index (χ3v) is 15.0. The molecule has 0 fully saturated rings. The predicted molar refractivity (Wildman–Crippen MR) is 259 cm³/mol. The summed E-state index contributed by atoms with van der Waals surface area (Å²) in [7, 11) is -18.3. The summed E-state index contributed by atoms with van der Waals surface area (Å²) in [6.45, 7) is 7.81. The second-order valence-corrected chi connectivity index (χ2v) is 23.7. The van der Waals surface area contributed by atoms with Crippen molar-refractivity contribution in [3.63, 3.8) is 0 Å². The van der Waals surface area contributed by atoms with Crippen LogP contribution in [0.1, 0.15) is 77.3 Å². The number of carbonyl (C=O) groups excluding carboxylic acids is 2. The molecule has 0 saturated carbocycles. The standard InChI is InChI=1S/C44H59BrN4O15S4/c1-43(2)35-28-33(67(58,59)60)17-19-37(35)48(23-26-65(52,53)54)39(43)15-9-12-32(14-11-25-64-31-42(51)47-22-8-6-5-7-21-46-41(50)30-45)13-10-16-40-44(3,4)36-29-34(68(61,62)63)18-20-38(36)49(40)24-27-66(55,56)57/h9-10,12-13,15-20,28-29H,5-8,11,14,21-27,30-31H2,1-4H3,(H5-,46,47,50,51,52,53,54,55,56,57,58,59,60,61,62,63). The normalized spacial score (nSPS) is 16.8. The summed E-state index contributed by atoms with van der Waals surface area (Å²) >= 11 is 3.10. The highest BCUT2D eigenvalue weighted by molar-refractivity contribution is 9.09. The van der Waals surface area contributed by atoms with Crippen molar-refractivity contribution in [1.82, 2.24) is 10.6 Å². The Bertz CT molecular complexity index is 2820. The highest BCUT2D eigenvalue weighted by atomic mass is 79.9. The minimum Gasteiger partial charge on any atom is -0.744 e. The Morgan fingerprint density at radius 2 is 1.41 bits per heavy atom. The van der Waals surface area contributed by atoms with E-state index in [4.69, 9.17) is 4.74 Å². The number of nitrogens with zero attached hydrogens (tertiary/aromatic N) is 2. The van der Waals surface area contributed by atoms with Crippen molar-refractivity contribution >= 4 is 85.3 Å². The summed E-state index contributed by atoms with van der Waals surface area (Å²) in [5.41, 5.74) is 1.72. The van der Waals surface area contributed by atoms with Crippen LogP contribution in [-0.4, -0.2) is 130 Å². The number of halogens is 1. The van der Waals surface area contributed by atoms with Crippen molar-refractivity contribution in [3.8, 4) is 0 Å². The number of alkyl halides is 1. The van der Waals surface area contributed by atoms with Gasteiger partial charge in [-0.25, -0.2) is 8.42 Å². The molecule has 2 aromatic rings. The van der Waals surface area contributed by atoms with Crippen molar-refractivity contribution in [2.45, 2.75) is 86.8 Å². The fourth-order valence-electron chi connectivity index (χ4n) is 7.97. The highest BCUT2D eigenvalue weighted by Crippen LogP contribution is 2.48. The number of benzene rings is 2. The fourth-order valence-corrected chi connectivity index (χ4v) is 10.00. The summed E-state index contributed by atoms with van der Waals surface area (Å²) < 4.78 is 144. The van der Waals surface area contributed by atoms with E-state index in [1.807, 2.05) is 0 Å². The lowest BCUT2D eigenvalue weighted by molar-refractivity contribution is -0.432. The molecule has 2 heterocycles. The van der Waals surface area contributed by atoms with E-state index in [0.29, 0.717) is 65.4 Å². The van der Waals surface area contributed by atoms with Crippen molar-refractivity contribution in [1.29, 1.82) is 0 Å². The van der Waals surface area contributed by atoms with Crippen LogP contribution in [0.2, 0.25) is 0 Å². The molecule has 2 aromatic carbocycles. The van der Waals surface area contributed by atoms with Crippen LogP contribution in [0.25, 0.3) is 0 Å². The van der Waals surface area contributed by atoms with E-state index in [0.717, 1.165) is 31.7 Å². The lowest BCUT2D eigenvalue weighted by Gasteiger charge is -2.26. The zero-order valence-corrected chi connectivity index (χ0v) is 43.0.